The predicted octanol–water partition coefficient (Wildman–Crippen LogP) is 3.97. The van der Waals surface area contributed by atoms with Gasteiger partial charge in [-0.1, -0.05) is 28.5 Å². The largest absolute Gasteiger partial charge is 0.463 e. The van der Waals surface area contributed by atoms with Gasteiger partial charge in [-0.15, -0.1) is 0 Å². The zero-order valence-electron chi connectivity index (χ0n) is 12.9. The lowest BCUT2D eigenvalue weighted by molar-refractivity contribution is 0.127. The molecule has 1 aromatic carbocycles. The highest BCUT2D eigenvalue weighted by molar-refractivity contribution is 5.75. The summed E-state index contributed by atoms with van der Waals surface area (Å²) in [6.07, 6.45) is 6.21. The van der Waals surface area contributed by atoms with E-state index in [0.29, 0.717) is 24.7 Å². The Morgan fingerprint density at radius 2 is 1.29 bits per heavy atom. The Hall–Kier alpha value is -3.28. The van der Waals surface area contributed by atoms with E-state index in [4.69, 9.17) is 18.5 Å². The molecule has 0 amide bonds. The van der Waals surface area contributed by atoms with Crippen LogP contribution in [-0.2, 0) is 22.9 Å². The van der Waals surface area contributed by atoms with Crippen molar-refractivity contribution in [1.29, 1.82) is 0 Å². The first kappa shape index (κ1) is 15.6. The number of hydrogen-bond acceptors (Lipinski definition) is 6. The second kappa shape index (κ2) is 8.38. The molecule has 0 unspecified atom stereocenters. The van der Waals surface area contributed by atoms with E-state index < -0.39 is 0 Å². The van der Waals surface area contributed by atoms with E-state index in [0.717, 1.165) is 11.1 Å². The zero-order valence-corrected chi connectivity index (χ0v) is 12.9. The van der Waals surface area contributed by atoms with Crippen LogP contribution in [0.4, 0.5) is 0 Å². The van der Waals surface area contributed by atoms with Crippen LogP contribution in [0.3, 0.4) is 0 Å². The molecule has 0 spiro atoms. The third-order valence-electron chi connectivity index (χ3n) is 3.05. The number of nitrogens with zero attached hydrogens (tertiary/aromatic N) is 2. The van der Waals surface area contributed by atoms with Crippen LogP contribution in [0.2, 0.25) is 0 Å². The predicted molar refractivity (Wildman–Crippen MR) is 88.6 cm³/mol. The molecule has 0 radical (unpaired) electrons. The summed E-state index contributed by atoms with van der Waals surface area (Å²) >= 11 is 0. The SMILES string of the molecule is C(=N/OCc1cccc(CO/N=C\c2ccco2)c1)/c1ccco1. The molecule has 2 heterocycles. The van der Waals surface area contributed by atoms with Gasteiger partial charge in [0.25, 0.3) is 0 Å². The van der Waals surface area contributed by atoms with Crippen molar-refractivity contribution in [2.24, 2.45) is 10.3 Å². The Balaban J connectivity index is 1.45. The van der Waals surface area contributed by atoms with Gasteiger partial charge in [0.05, 0.1) is 12.5 Å². The first-order valence-electron chi connectivity index (χ1n) is 7.36. The highest BCUT2D eigenvalue weighted by atomic mass is 16.6. The quantitative estimate of drug-likeness (QED) is 0.464. The average molecular weight is 324 g/mol. The Labute approximate surface area is 139 Å². The van der Waals surface area contributed by atoms with Gasteiger partial charge in [-0.3, -0.25) is 0 Å². The second-order valence-electron chi connectivity index (χ2n) is 4.87. The highest BCUT2D eigenvalue weighted by Crippen LogP contribution is 2.08. The van der Waals surface area contributed by atoms with Crippen LogP contribution >= 0.6 is 0 Å². The minimum Gasteiger partial charge on any atom is -0.463 e. The molecule has 0 bridgehead atoms. The van der Waals surface area contributed by atoms with Gasteiger partial charge in [-0.05, 0) is 41.5 Å². The van der Waals surface area contributed by atoms with Crippen LogP contribution in [0.1, 0.15) is 22.6 Å². The first-order valence-corrected chi connectivity index (χ1v) is 7.36. The van der Waals surface area contributed by atoms with Crippen molar-refractivity contribution in [2.45, 2.75) is 13.2 Å². The molecular formula is C18H16N2O4. The maximum absolute atomic E-state index is 5.25. The minimum atomic E-state index is 0.362. The van der Waals surface area contributed by atoms with Crippen LogP contribution in [0.25, 0.3) is 0 Å². The lowest BCUT2D eigenvalue weighted by atomic mass is 10.1. The molecule has 3 rings (SSSR count). The molecule has 0 fully saturated rings. The van der Waals surface area contributed by atoms with Crippen LogP contribution in [0.15, 0.2) is 80.2 Å². The Bertz CT molecular complexity index is 714. The highest BCUT2D eigenvalue weighted by Gasteiger charge is 1.98. The molecule has 0 saturated heterocycles. The molecular weight excluding hydrogens is 308 g/mol. The van der Waals surface area contributed by atoms with E-state index in [1.165, 1.54) is 12.4 Å². The third kappa shape index (κ3) is 4.88. The number of hydrogen-bond donors (Lipinski definition) is 0. The van der Waals surface area contributed by atoms with Crippen molar-refractivity contribution in [1.82, 2.24) is 0 Å². The number of benzene rings is 1. The minimum absolute atomic E-state index is 0.362. The van der Waals surface area contributed by atoms with Gasteiger partial charge in [0.1, 0.15) is 37.2 Å². The van der Waals surface area contributed by atoms with Gasteiger partial charge in [0.2, 0.25) is 0 Å². The lowest BCUT2D eigenvalue weighted by Gasteiger charge is -2.03. The molecule has 0 aliphatic carbocycles. The molecule has 3 aromatic rings. The van der Waals surface area contributed by atoms with E-state index in [2.05, 4.69) is 10.3 Å². The van der Waals surface area contributed by atoms with Crippen molar-refractivity contribution in [3.8, 4) is 0 Å². The molecule has 6 heteroatoms. The van der Waals surface area contributed by atoms with E-state index >= 15 is 0 Å². The fraction of sp³-hybridized carbons (Fsp3) is 0.111. The summed E-state index contributed by atoms with van der Waals surface area (Å²) in [5, 5.41) is 7.72. The van der Waals surface area contributed by atoms with Gasteiger partial charge >= 0.3 is 0 Å². The van der Waals surface area contributed by atoms with Crippen molar-refractivity contribution in [3.63, 3.8) is 0 Å². The fourth-order valence-corrected chi connectivity index (χ4v) is 1.94. The number of oxime groups is 2. The van der Waals surface area contributed by atoms with E-state index in [1.807, 2.05) is 24.3 Å². The van der Waals surface area contributed by atoms with Crippen LogP contribution in [0.5, 0.6) is 0 Å². The second-order valence-corrected chi connectivity index (χ2v) is 4.87. The monoisotopic (exact) mass is 324 g/mol. The fourth-order valence-electron chi connectivity index (χ4n) is 1.94. The van der Waals surface area contributed by atoms with Crippen LogP contribution in [0, 0.1) is 0 Å². The molecule has 2 aromatic heterocycles. The zero-order chi connectivity index (χ0) is 16.5. The molecule has 0 aliphatic rings. The van der Waals surface area contributed by atoms with Crippen LogP contribution < -0.4 is 0 Å². The third-order valence-corrected chi connectivity index (χ3v) is 3.05. The summed E-state index contributed by atoms with van der Waals surface area (Å²) in [6, 6.07) is 15.0. The van der Waals surface area contributed by atoms with Crippen molar-refractivity contribution < 1.29 is 18.5 Å². The van der Waals surface area contributed by atoms with E-state index in [-0.39, 0.29) is 0 Å². The molecule has 122 valence electrons. The maximum atomic E-state index is 5.25. The molecule has 24 heavy (non-hydrogen) atoms. The molecule has 0 atom stereocenters. The smallest absolute Gasteiger partial charge is 0.148 e. The molecule has 0 saturated carbocycles. The maximum Gasteiger partial charge on any atom is 0.148 e. The summed E-state index contributed by atoms with van der Waals surface area (Å²) in [4.78, 5) is 10.5. The molecule has 0 aliphatic heterocycles. The van der Waals surface area contributed by atoms with Crippen molar-refractivity contribution in [2.75, 3.05) is 0 Å². The van der Waals surface area contributed by atoms with Crippen LogP contribution in [-0.4, -0.2) is 12.4 Å². The van der Waals surface area contributed by atoms with Gasteiger partial charge in [-0.2, -0.15) is 0 Å². The van der Waals surface area contributed by atoms with Gasteiger partial charge < -0.3 is 18.5 Å². The summed E-state index contributed by atoms with van der Waals surface area (Å²) in [6.45, 7) is 0.724. The summed E-state index contributed by atoms with van der Waals surface area (Å²) in [5.41, 5.74) is 1.98. The lowest BCUT2D eigenvalue weighted by Crippen LogP contribution is -1.92. The van der Waals surface area contributed by atoms with E-state index in [9.17, 15) is 0 Å². The van der Waals surface area contributed by atoms with Crippen molar-refractivity contribution in [3.05, 3.63) is 83.7 Å². The molecule has 6 nitrogen and oxygen atoms in total. The van der Waals surface area contributed by atoms with Gasteiger partial charge in [0.15, 0.2) is 0 Å². The Morgan fingerprint density at radius 1 is 0.750 bits per heavy atom. The van der Waals surface area contributed by atoms with Gasteiger partial charge in [-0.25, -0.2) is 0 Å². The van der Waals surface area contributed by atoms with Crippen molar-refractivity contribution >= 4 is 12.4 Å². The van der Waals surface area contributed by atoms with Gasteiger partial charge in [0, 0.05) is 0 Å². The Morgan fingerprint density at radius 3 is 1.75 bits per heavy atom. The molecule has 0 N–H and O–H groups in total. The standard InChI is InChI=1S/C18H16N2O4/c1-4-15(13-23-19-11-17-6-2-8-21-17)10-16(5-1)14-24-20-12-18-7-3-9-22-18/h1-12H,13-14H2/b19-11-,20-12-. The summed E-state index contributed by atoms with van der Waals surface area (Å²) in [5.74, 6) is 1.29. The summed E-state index contributed by atoms with van der Waals surface area (Å²) < 4.78 is 10.2. The normalized spacial score (nSPS) is 11.3. The average Bonchev–Trinajstić information content (AvgIpc) is 3.30. The summed E-state index contributed by atoms with van der Waals surface area (Å²) in [7, 11) is 0. The van der Waals surface area contributed by atoms with E-state index in [1.54, 1.807) is 36.8 Å². The topological polar surface area (TPSA) is 69.5 Å². The number of rotatable bonds is 8. The number of furan rings is 2. The Kier molecular flexibility index (Phi) is 5.45. The first-order chi connectivity index (χ1) is 11.9.